The van der Waals surface area contributed by atoms with E-state index in [4.69, 9.17) is 11.6 Å². The molecule has 30 heavy (non-hydrogen) atoms. The summed E-state index contributed by atoms with van der Waals surface area (Å²) in [5, 5.41) is 9.31. The molecule has 0 fully saturated rings. The number of hydrogen-bond donors (Lipinski definition) is 1. The smallest absolute Gasteiger partial charge is 0.336 e. The van der Waals surface area contributed by atoms with Crippen molar-refractivity contribution in [1.82, 2.24) is 4.98 Å². The van der Waals surface area contributed by atoms with Gasteiger partial charge in [0, 0.05) is 11.8 Å². The van der Waals surface area contributed by atoms with Crippen LogP contribution in [0, 0.1) is 0 Å². The number of aromatic nitrogens is 1. The lowest BCUT2D eigenvalue weighted by Crippen LogP contribution is -2.05. The number of carboxylic acids is 1. The molecule has 2 aromatic rings. The zero-order valence-corrected chi connectivity index (χ0v) is 19.3. The highest BCUT2D eigenvalue weighted by atomic mass is 35.5. The van der Waals surface area contributed by atoms with E-state index in [-0.39, 0.29) is 5.38 Å². The van der Waals surface area contributed by atoms with Crippen molar-refractivity contribution in [2.45, 2.75) is 89.9 Å². The number of hydrogen-bond acceptors (Lipinski definition) is 2. The van der Waals surface area contributed by atoms with Crippen molar-refractivity contribution in [1.29, 1.82) is 0 Å². The topological polar surface area (TPSA) is 50.2 Å². The molecule has 0 aliphatic heterocycles. The van der Waals surface area contributed by atoms with Crippen LogP contribution >= 0.6 is 11.6 Å². The van der Waals surface area contributed by atoms with Gasteiger partial charge in [0.15, 0.2) is 0 Å². The van der Waals surface area contributed by atoms with E-state index in [1.165, 1.54) is 50.5 Å². The normalized spacial score (nSPS) is 12.1. The van der Waals surface area contributed by atoms with Gasteiger partial charge in [0.2, 0.25) is 0 Å². The molecule has 4 heteroatoms. The van der Waals surface area contributed by atoms with Gasteiger partial charge in [0.1, 0.15) is 0 Å². The number of rotatable bonds is 14. The summed E-state index contributed by atoms with van der Waals surface area (Å²) in [5.41, 5.74) is 4.01. The first-order chi connectivity index (χ1) is 14.6. The number of nitrogens with zero attached hydrogens (tertiary/aromatic N) is 1. The maximum Gasteiger partial charge on any atom is 0.336 e. The maximum atomic E-state index is 11.7. The minimum absolute atomic E-state index is 0.293. The van der Waals surface area contributed by atoms with Crippen LogP contribution in [0.5, 0.6) is 0 Å². The molecule has 0 spiro atoms. The van der Waals surface area contributed by atoms with Gasteiger partial charge in [-0.25, -0.2) is 4.79 Å². The molecular weight excluding hydrogens is 394 g/mol. The molecule has 0 saturated carbocycles. The Hall–Kier alpha value is -1.87. The van der Waals surface area contributed by atoms with Gasteiger partial charge in [-0.15, -0.1) is 11.6 Å². The molecule has 0 aliphatic rings. The van der Waals surface area contributed by atoms with Crippen LogP contribution in [0.4, 0.5) is 0 Å². The van der Waals surface area contributed by atoms with E-state index in [2.05, 4.69) is 24.9 Å². The first-order valence-electron chi connectivity index (χ1n) is 11.5. The molecule has 1 aromatic heterocycles. The summed E-state index contributed by atoms with van der Waals surface area (Å²) in [6.07, 6.45) is 14.6. The third-order valence-electron chi connectivity index (χ3n) is 5.62. The molecule has 2 rings (SSSR count). The molecule has 0 saturated heterocycles. The number of unbranched alkanes of at least 4 members (excludes halogenated alkanes) is 7. The molecule has 3 nitrogen and oxygen atoms in total. The van der Waals surface area contributed by atoms with E-state index in [1.54, 1.807) is 6.07 Å². The van der Waals surface area contributed by atoms with Gasteiger partial charge in [-0.1, -0.05) is 77.3 Å². The third kappa shape index (κ3) is 7.75. The lowest BCUT2D eigenvalue weighted by Gasteiger charge is -2.15. The first-order valence-corrected chi connectivity index (χ1v) is 12.0. The first kappa shape index (κ1) is 24.4. The second kappa shape index (κ2) is 13.4. The lowest BCUT2D eigenvalue weighted by atomic mass is 9.96. The SMILES string of the molecule is CCCCCCCC[C@H](Cl)c1cc(-c2ccc(CCCCC)cn2)ccc1C(=O)O. The fourth-order valence-electron chi connectivity index (χ4n) is 3.76. The second-order valence-corrected chi connectivity index (χ2v) is 8.67. The highest BCUT2D eigenvalue weighted by Gasteiger charge is 2.18. The van der Waals surface area contributed by atoms with Crippen LogP contribution < -0.4 is 0 Å². The van der Waals surface area contributed by atoms with Crippen molar-refractivity contribution in [2.75, 3.05) is 0 Å². The lowest BCUT2D eigenvalue weighted by molar-refractivity contribution is 0.0695. The fraction of sp³-hybridized carbons (Fsp3) is 0.538. The van der Waals surface area contributed by atoms with E-state index >= 15 is 0 Å². The molecule has 0 bridgehead atoms. The molecule has 0 unspecified atom stereocenters. The predicted molar refractivity (Wildman–Crippen MR) is 126 cm³/mol. The standard InChI is InChI=1S/C26H36ClNO2/c1-3-5-7-8-9-11-13-24(27)23-18-21(15-16-22(23)26(29)30)25-17-14-20(19-28-25)12-10-6-4-2/h14-19,24H,3-13H2,1-2H3,(H,29,30)/t24-/m0/s1. The van der Waals surface area contributed by atoms with Gasteiger partial charge >= 0.3 is 5.97 Å². The minimum atomic E-state index is -0.927. The summed E-state index contributed by atoms with van der Waals surface area (Å²) in [6, 6.07) is 9.56. The van der Waals surface area contributed by atoms with Crippen molar-refractivity contribution < 1.29 is 9.90 Å². The van der Waals surface area contributed by atoms with Crippen LogP contribution in [0.3, 0.4) is 0 Å². The Labute approximate surface area is 186 Å². The largest absolute Gasteiger partial charge is 0.478 e. The van der Waals surface area contributed by atoms with Crippen molar-refractivity contribution in [3.8, 4) is 11.3 Å². The number of aromatic carboxylic acids is 1. The molecular formula is C26H36ClNO2. The number of alkyl halides is 1. The van der Waals surface area contributed by atoms with E-state index in [1.807, 2.05) is 24.4 Å². The Kier molecular flexibility index (Phi) is 10.9. The maximum absolute atomic E-state index is 11.7. The summed E-state index contributed by atoms with van der Waals surface area (Å²) in [5.74, 6) is -0.927. The highest BCUT2D eigenvalue weighted by molar-refractivity contribution is 6.21. The number of aryl methyl sites for hydroxylation is 1. The Morgan fingerprint density at radius 1 is 0.967 bits per heavy atom. The average Bonchev–Trinajstić information content (AvgIpc) is 2.76. The predicted octanol–water partition coefficient (Wildman–Crippen LogP) is 8.21. The Balaban J connectivity index is 2.08. The quantitative estimate of drug-likeness (QED) is 0.243. The molecule has 0 amide bonds. The average molecular weight is 430 g/mol. The molecule has 0 aliphatic carbocycles. The number of carbonyl (C=O) groups is 1. The van der Waals surface area contributed by atoms with Gasteiger partial charge in [0.25, 0.3) is 0 Å². The Morgan fingerprint density at radius 2 is 1.67 bits per heavy atom. The van der Waals surface area contributed by atoms with Gasteiger partial charge < -0.3 is 5.11 Å². The monoisotopic (exact) mass is 429 g/mol. The van der Waals surface area contributed by atoms with Crippen LogP contribution in [0.1, 0.15) is 105 Å². The van der Waals surface area contributed by atoms with Crippen LogP contribution in [0.15, 0.2) is 36.5 Å². The van der Waals surface area contributed by atoms with E-state index < -0.39 is 5.97 Å². The van der Waals surface area contributed by atoms with Gasteiger partial charge in [-0.05, 0) is 48.6 Å². The zero-order valence-electron chi connectivity index (χ0n) is 18.5. The molecule has 164 valence electrons. The van der Waals surface area contributed by atoms with E-state index in [0.29, 0.717) is 11.1 Å². The molecule has 1 heterocycles. The summed E-state index contributed by atoms with van der Waals surface area (Å²) in [7, 11) is 0. The van der Waals surface area contributed by atoms with Crippen molar-refractivity contribution in [3.63, 3.8) is 0 Å². The summed E-state index contributed by atoms with van der Waals surface area (Å²) >= 11 is 6.67. The van der Waals surface area contributed by atoms with Crippen LogP contribution in [-0.2, 0) is 6.42 Å². The molecule has 1 atom stereocenters. The summed E-state index contributed by atoms with van der Waals surface area (Å²) < 4.78 is 0. The number of benzene rings is 1. The number of halogens is 1. The summed E-state index contributed by atoms with van der Waals surface area (Å²) in [4.78, 5) is 16.3. The summed E-state index contributed by atoms with van der Waals surface area (Å²) in [6.45, 7) is 4.42. The van der Waals surface area contributed by atoms with Gasteiger partial charge in [-0.3, -0.25) is 4.98 Å². The van der Waals surface area contributed by atoms with Crippen LogP contribution in [0.2, 0.25) is 0 Å². The third-order valence-corrected chi connectivity index (χ3v) is 6.07. The van der Waals surface area contributed by atoms with Crippen LogP contribution in [-0.4, -0.2) is 16.1 Å². The zero-order chi connectivity index (χ0) is 21.8. The Morgan fingerprint density at radius 3 is 2.33 bits per heavy atom. The van der Waals surface area contributed by atoms with Crippen molar-refractivity contribution in [2.24, 2.45) is 0 Å². The van der Waals surface area contributed by atoms with Crippen molar-refractivity contribution >= 4 is 17.6 Å². The fourth-order valence-corrected chi connectivity index (χ4v) is 4.09. The Bertz CT molecular complexity index is 773. The van der Waals surface area contributed by atoms with Crippen LogP contribution in [0.25, 0.3) is 11.3 Å². The number of pyridine rings is 1. The van der Waals surface area contributed by atoms with E-state index in [0.717, 1.165) is 36.9 Å². The van der Waals surface area contributed by atoms with Gasteiger partial charge in [-0.2, -0.15) is 0 Å². The van der Waals surface area contributed by atoms with Crippen molar-refractivity contribution in [3.05, 3.63) is 53.2 Å². The number of carboxylic acid groups (broad SMARTS) is 1. The van der Waals surface area contributed by atoms with E-state index in [9.17, 15) is 9.90 Å². The van der Waals surface area contributed by atoms with Gasteiger partial charge in [0.05, 0.1) is 16.6 Å². The second-order valence-electron chi connectivity index (χ2n) is 8.14. The molecule has 1 N–H and O–H groups in total. The molecule has 1 aromatic carbocycles. The highest BCUT2D eigenvalue weighted by Crippen LogP contribution is 2.33. The molecule has 0 radical (unpaired) electrons. The minimum Gasteiger partial charge on any atom is -0.478 e.